The monoisotopic (exact) mass is 263 g/mol. The first-order chi connectivity index (χ1) is 9.20. The van der Waals surface area contributed by atoms with E-state index in [4.69, 9.17) is 15.2 Å². The molecule has 0 aliphatic carbocycles. The first-order valence-corrected chi connectivity index (χ1v) is 6.38. The van der Waals surface area contributed by atoms with E-state index in [0.29, 0.717) is 18.0 Å². The van der Waals surface area contributed by atoms with Gasteiger partial charge in [0.25, 0.3) is 0 Å². The van der Waals surface area contributed by atoms with Gasteiger partial charge in [-0.2, -0.15) is 0 Å². The number of amides is 1. The molecule has 19 heavy (non-hydrogen) atoms. The van der Waals surface area contributed by atoms with E-state index < -0.39 is 0 Å². The largest absolute Gasteiger partial charge is 0.454 e. The number of likely N-dealkylation sites (tertiary alicyclic amines) is 1. The number of rotatable bonds is 3. The Labute approximate surface area is 111 Å². The fourth-order valence-corrected chi connectivity index (χ4v) is 2.38. The summed E-state index contributed by atoms with van der Waals surface area (Å²) >= 11 is 0. The summed E-state index contributed by atoms with van der Waals surface area (Å²) in [5, 5.41) is 2.86. The summed E-state index contributed by atoms with van der Waals surface area (Å²) in [5.41, 5.74) is 6.53. The molecule has 2 aliphatic rings. The fourth-order valence-electron chi connectivity index (χ4n) is 2.38. The summed E-state index contributed by atoms with van der Waals surface area (Å²) in [6.45, 7) is 2.28. The van der Waals surface area contributed by atoms with Gasteiger partial charge in [0.1, 0.15) is 0 Å². The molecule has 0 spiro atoms. The number of benzene rings is 1. The second-order valence-electron chi connectivity index (χ2n) is 4.90. The molecular formula is C13H17N3O3. The van der Waals surface area contributed by atoms with Gasteiger partial charge in [-0.25, -0.2) is 0 Å². The number of anilines is 1. The third kappa shape index (κ3) is 2.80. The van der Waals surface area contributed by atoms with Crippen molar-refractivity contribution in [1.29, 1.82) is 0 Å². The van der Waals surface area contributed by atoms with Gasteiger partial charge in [-0.15, -0.1) is 0 Å². The van der Waals surface area contributed by atoms with Crippen LogP contribution in [0.5, 0.6) is 11.5 Å². The Morgan fingerprint density at radius 1 is 1.42 bits per heavy atom. The van der Waals surface area contributed by atoms with Gasteiger partial charge in [0.05, 0.1) is 6.54 Å². The number of hydrogen-bond donors (Lipinski definition) is 2. The van der Waals surface area contributed by atoms with Crippen molar-refractivity contribution in [3.8, 4) is 11.5 Å². The lowest BCUT2D eigenvalue weighted by molar-refractivity contribution is -0.117. The van der Waals surface area contributed by atoms with Crippen molar-refractivity contribution in [3.05, 3.63) is 18.2 Å². The summed E-state index contributed by atoms with van der Waals surface area (Å²) in [4.78, 5) is 14.0. The van der Waals surface area contributed by atoms with Crippen LogP contribution in [0.1, 0.15) is 6.42 Å². The molecule has 0 bridgehead atoms. The molecule has 1 saturated heterocycles. The maximum absolute atomic E-state index is 11.9. The molecule has 1 aromatic carbocycles. The van der Waals surface area contributed by atoms with Crippen molar-refractivity contribution in [2.24, 2.45) is 5.73 Å². The normalized spacial score (nSPS) is 21.6. The summed E-state index contributed by atoms with van der Waals surface area (Å²) in [7, 11) is 0. The molecule has 1 amide bonds. The minimum Gasteiger partial charge on any atom is -0.454 e. The van der Waals surface area contributed by atoms with Crippen LogP contribution >= 0.6 is 0 Å². The number of fused-ring (bicyclic) bond motifs is 1. The fraction of sp³-hybridized carbons (Fsp3) is 0.462. The maximum Gasteiger partial charge on any atom is 0.238 e. The van der Waals surface area contributed by atoms with Gasteiger partial charge in [-0.3, -0.25) is 9.69 Å². The average Bonchev–Trinajstić information content (AvgIpc) is 2.97. The predicted octanol–water partition coefficient (Wildman–Crippen LogP) is 0.387. The van der Waals surface area contributed by atoms with Crippen molar-refractivity contribution in [2.45, 2.75) is 12.5 Å². The van der Waals surface area contributed by atoms with Gasteiger partial charge in [-0.1, -0.05) is 0 Å². The smallest absolute Gasteiger partial charge is 0.238 e. The molecular weight excluding hydrogens is 246 g/mol. The lowest BCUT2D eigenvalue weighted by atomic mass is 10.2. The highest BCUT2D eigenvalue weighted by Crippen LogP contribution is 2.34. The summed E-state index contributed by atoms with van der Waals surface area (Å²) in [5.74, 6) is 1.34. The molecule has 102 valence electrons. The van der Waals surface area contributed by atoms with Crippen molar-refractivity contribution >= 4 is 11.6 Å². The minimum atomic E-state index is -0.0343. The van der Waals surface area contributed by atoms with Crippen molar-refractivity contribution in [2.75, 3.05) is 31.7 Å². The molecule has 3 N–H and O–H groups in total. The average molecular weight is 263 g/mol. The third-order valence-corrected chi connectivity index (χ3v) is 3.33. The van der Waals surface area contributed by atoms with E-state index in [2.05, 4.69) is 10.2 Å². The van der Waals surface area contributed by atoms with Gasteiger partial charge in [-0.05, 0) is 18.6 Å². The van der Waals surface area contributed by atoms with Crippen LogP contribution in [0.3, 0.4) is 0 Å². The molecule has 6 heteroatoms. The van der Waals surface area contributed by atoms with Crippen LogP contribution in [-0.4, -0.2) is 43.3 Å². The quantitative estimate of drug-likeness (QED) is 0.825. The topological polar surface area (TPSA) is 76.8 Å². The van der Waals surface area contributed by atoms with Crippen LogP contribution in [-0.2, 0) is 4.79 Å². The lowest BCUT2D eigenvalue weighted by Gasteiger charge is -2.14. The second-order valence-corrected chi connectivity index (χ2v) is 4.90. The Morgan fingerprint density at radius 3 is 3.05 bits per heavy atom. The Balaban J connectivity index is 1.57. The molecule has 1 aromatic rings. The number of ether oxygens (including phenoxy) is 2. The molecule has 0 radical (unpaired) electrons. The van der Waals surface area contributed by atoms with Gasteiger partial charge in [0.15, 0.2) is 11.5 Å². The van der Waals surface area contributed by atoms with Crippen LogP contribution in [0.15, 0.2) is 18.2 Å². The molecule has 2 aliphatic heterocycles. The first-order valence-electron chi connectivity index (χ1n) is 6.38. The molecule has 1 fully saturated rings. The summed E-state index contributed by atoms with van der Waals surface area (Å²) in [6, 6.07) is 5.57. The molecule has 3 rings (SSSR count). The third-order valence-electron chi connectivity index (χ3n) is 3.33. The summed E-state index contributed by atoms with van der Waals surface area (Å²) in [6.07, 6.45) is 0.956. The molecule has 0 saturated carbocycles. The van der Waals surface area contributed by atoms with Crippen LogP contribution in [0.4, 0.5) is 5.69 Å². The zero-order valence-corrected chi connectivity index (χ0v) is 10.6. The standard InChI is InChI=1S/C13H17N3O3/c14-9-3-4-16(6-9)7-13(17)15-10-1-2-11-12(5-10)19-8-18-11/h1-2,5,9H,3-4,6-8,14H2,(H,15,17). The number of nitrogens with zero attached hydrogens (tertiary/aromatic N) is 1. The van der Waals surface area contributed by atoms with Gasteiger partial charge in [0, 0.05) is 30.9 Å². The Bertz CT molecular complexity index is 492. The zero-order valence-electron chi connectivity index (χ0n) is 10.6. The second kappa shape index (κ2) is 5.07. The van der Waals surface area contributed by atoms with Crippen molar-refractivity contribution in [1.82, 2.24) is 4.90 Å². The van der Waals surface area contributed by atoms with E-state index in [-0.39, 0.29) is 18.7 Å². The summed E-state index contributed by atoms with van der Waals surface area (Å²) < 4.78 is 10.5. The number of carbonyl (C=O) groups excluding carboxylic acids is 1. The minimum absolute atomic E-state index is 0.0343. The number of nitrogens with one attached hydrogen (secondary N) is 1. The van der Waals surface area contributed by atoms with Crippen molar-refractivity contribution < 1.29 is 14.3 Å². The number of nitrogens with two attached hydrogens (primary N) is 1. The lowest BCUT2D eigenvalue weighted by Crippen LogP contribution is -2.33. The van der Waals surface area contributed by atoms with E-state index in [1.54, 1.807) is 18.2 Å². The van der Waals surface area contributed by atoms with Crippen LogP contribution in [0.25, 0.3) is 0 Å². The van der Waals surface area contributed by atoms with Crippen LogP contribution < -0.4 is 20.5 Å². The number of hydrogen-bond acceptors (Lipinski definition) is 5. The van der Waals surface area contributed by atoms with Gasteiger partial charge < -0.3 is 20.5 Å². The highest BCUT2D eigenvalue weighted by Gasteiger charge is 2.21. The molecule has 1 unspecified atom stereocenters. The SMILES string of the molecule is NC1CCN(CC(=O)Nc2ccc3c(c2)OCO3)C1. The molecule has 1 atom stereocenters. The maximum atomic E-state index is 11.9. The van der Waals surface area contributed by atoms with Crippen molar-refractivity contribution in [3.63, 3.8) is 0 Å². The van der Waals surface area contributed by atoms with Gasteiger partial charge in [0.2, 0.25) is 12.7 Å². The predicted molar refractivity (Wildman–Crippen MR) is 70.2 cm³/mol. The number of carbonyl (C=O) groups is 1. The van der Waals surface area contributed by atoms with E-state index in [0.717, 1.165) is 25.2 Å². The zero-order chi connectivity index (χ0) is 13.2. The van der Waals surface area contributed by atoms with Crippen LogP contribution in [0, 0.1) is 0 Å². The van der Waals surface area contributed by atoms with E-state index in [1.165, 1.54) is 0 Å². The van der Waals surface area contributed by atoms with E-state index in [1.807, 2.05) is 0 Å². The van der Waals surface area contributed by atoms with Crippen LogP contribution in [0.2, 0.25) is 0 Å². The van der Waals surface area contributed by atoms with E-state index >= 15 is 0 Å². The highest BCUT2D eigenvalue weighted by molar-refractivity contribution is 5.92. The first kappa shape index (κ1) is 12.3. The Hall–Kier alpha value is -1.79. The molecule has 0 aromatic heterocycles. The Kier molecular flexibility index (Phi) is 3.27. The Morgan fingerprint density at radius 2 is 2.26 bits per heavy atom. The highest BCUT2D eigenvalue weighted by atomic mass is 16.7. The van der Waals surface area contributed by atoms with Gasteiger partial charge >= 0.3 is 0 Å². The molecule has 2 heterocycles. The van der Waals surface area contributed by atoms with E-state index in [9.17, 15) is 4.79 Å². The molecule has 6 nitrogen and oxygen atoms in total.